The first kappa shape index (κ1) is 27.1. The molecule has 0 spiro atoms. The van der Waals surface area contributed by atoms with Crippen molar-refractivity contribution >= 4 is 23.2 Å². The van der Waals surface area contributed by atoms with Gasteiger partial charge in [-0.15, -0.1) is 11.3 Å². The molecule has 0 saturated carbocycles. The highest BCUT2D eigenvalue weighted by molar-refractivity contribution is 7.10. The minimum atomic E-state index is -0.433. The molecule has 0 fully saturated rings. The Morgan fingerprint density at radius 2 is 1.73 bits per heavy atom. The number of fused-ring (bicyclic) bond motifs is 1. The Morgan fingerprint density at radius 1 is 1.00 bits per heavy atom. The van der Waals surface area contributed by atoms with Crippen LogP contribution in [-0.4, -0.2) is 47.3 Å². The zero-order chi connectivity index (χ0) is 26.4. The van der Waals surface area contributed by atoms with Crippen LogP contribution in [0, 0.1) is 5.92 Å². The molecule has 4 rings (SSSR count). The highest BCUT2D eigenvalue weighted by Crippen LogP contribution is 2.44. The van der Waals surface area contributed by atoms with Crippen molar-refractivity contribution in [1.82, 2.24) is 15.1 Å². The molecular weight excluding hydrogens is 478 g/mol. The summed E-state index contributed by atoms with van der Waals surface area (Å²) < 4.78 is 0. The summed E-state index contributed by atoms with van der Waals surface area (Å²) in [7, 11) is 0. The van der Waals surface area contributed by atoms with E-state index in [4.69, 9.17) is 0 Å². The van der Waals surface area contributed by atoms with Crippen molar-refractivity contribution in [3.05, 3.63) is 93.7 Å². The maximum Gasteiger partial charge on any atom is 0.254 e. The van der Waals surface area contributed by atoms with E-state index >= 15 is 0 Å². The van der Waals surface area contributed by atoms with Gasteiger partial charge >= 0.3 is 0 Å². The molecule has 5 nitrogen and oxygen atoms in total. The van der Waals surface area contributed by atoms with Gasteiger partial charge in [0.15, 0.2) is 0 Å². The van der Waals surface area contributed by atoms with Crippen LogP contribution in [0.3, 0.4) is 0 Å². The van der Waals surface area contributed by atoms with E-state index in [1.807, 2.05) is 52.7 Å². The minimum absolute atomic E-state index is 0.00809. The van der Waals surface area contributed by atoms with E-state index in [1.54, 1.807) is 11.3 Å². The second kappa shape index (κ2) is 12.5. The van der Waals surface area contributed by atoms with E-state index in [0.717, 1.165) is 30.0 Å². The topological polar surface area (TPSA) is 52.7 Å². The van der Waals surface area contributed by atoms with Gasteiger partial charge in [0.05, 0.1) is 12.0 Å². The van der Waals surface area contributed by atoms with Crippen molar-refractivity contribution in [2.75, 3.05) is 19.6 Å². The Labute approximate surface area is 225 Å². The lowest BCUT2D eigenvalue weighted by atomic mass is 9.81. The summed E-state index contributed by atoms with van der Waals surface area (Å²) in [6.07, 6.45) is 0.865. The van der Waals surface area contributed by atoms with Crippen LogP contribution < -0.4 is 5.32 Å². The minimum Gasteiger partial charge on any atom is -0.355 e. The number of benzene rings is 2. The van der Waals surface area contributed by atoms with Crippen LogP contribution in [0.2, 0.25) is 0 Å². The second-order valence-corrected chi connectivity index (χ2v) is 11.6. The van der Waals surface area contributed by atoms with Crippen LogP contribution in [0.4, 0.5) is 0 Å². The summed E-state index contributed by atoms with van der Waals surface area (Å²) in [5.41, 5.74) is 2.77. The van der Waals surface area contributed by atoms with E-state index in [0.29, 0.717) is 30.6 Å². The number of hydrogen-bond acceptors (Lipinski definition) is 4. The van der Waals surface area contributed by atoms with Gasteiger partial charge in [-0.05, 0) is 54.8 Å². The Hall–Kier alpha value is -2.96. The zero-order valence-electron chi connectivity index (χ0n) is 22.4. The van der Waals surface area contributed by atoms with E-state index in [-0.39, 0.29) is 17.9 Å². The number of nitrogens with zero attached hydrogens (tertiary/aromatic N) is 2. The van der Waals surface area contributed by atoms with Crippen molar-refractivity contribution in [2.45, 2.75) is 58.7 Å². The van der Waals surface area contributed by atoms with Crippen molar-refractivity contribution < 1.29 is 9.59 Å². The van der Waals surface area contributed by atoms with Gasteiger partial charge in [0.25, 0.3) is 5.91 Å². The van der Waals surface area contributed by atoms with Crippen LogP contribution in [0.5, 0.6) is 0 Å². The first-order valence-electron chi connectivity index (χ1n) is 13.4. The summed E-state index contributed by atoms with van der Waals surface area (Å²) >= 11 is 1.61. The second-order valence-electron chi connectivity index (χ2n) is 10.6. The molecule has 37 heavy (non-hydrogen) atoms. The maximum atomic E-state index is 13.8. The van der Waals surface area contributed by atoms with E-state index in [2.05, 4.69) is 62.2 Å². The van der Waals surface area contributed by atoms with Crippen LogP contribution in [0.15, 0.2) is 72.1 Å². The molecule has 0 aliphatic carbocycles. The zero-order valence-corrected chi connectivity index (χ0v) is 23.2. The van der Waals surface area contributed by atoms with Crippen molar-refractivity contribution in [2.24, 2.45) is 5.92 Å². The Balaban J connectivity index is 1.50. The van der Waals surface area contributed by atoms with Gasteiger partial charge in [-0.2, -0.15) is 0 Å². The Bertz CT molecular complexity index is 1160. The molecule has 0 unspecified atom stereocenters. The lowest BCUT2D eigenvalue weighted by molar-refractivity contribution is -0.124. The third kappa shape index (κ3) is 6.49. The molecule has 196 valence electrons. The van der Waals surface area contributed by atoms with Crippen molar-refractivity contribution in [3.63, 3.8) is 0 Å². The number of carbonyl (C=O) groups is 2. The number of carbonyl (C=O) groups excluding carboxylic acids is 2. The predicted molar refractivity (Wildman–Crippen MR) is 152 cm³/mol. The van der Waals surface area contributed by atoms with Gasteiger partial charge in [-0.3, -0.25) is 14.5 Å². The third-order valence-corrected chi connectivity index (χ3v) is 7.94. The fourth-order valence-corrected chi connectivity index (χ4v) is 6.06. The highest BCUT2D eigenvalue weighted by Gasteiger charge is 2.44. The molecule has 2 heterocycles. The first-order chi connectivity index (χ1) is 17.9. The molecule has 1 aliphatic heterocycles. The van der Waals surface area contributed by atoms with Crippen LogP contribution in [-0.2, 0) is 11.3 Å². The summed E-state index contributed by atoms with van der Waals surface area (Å²) in [6.45, 7) is 11.7. The van der Waals surface area contributed by atoms with E-state index in [9.17, 15) is 9.59 Å². The molecule has 2 amide bonds. The third-order valence-electron chi connectivity index (χ3n) is 7.00. The molecule has 0 bridgehead atoms. The summed E-state index contributed by atoms with van der Waals surface area (Å²) in [5, 5.41) is 5.26. The van der Waals surface area contributed by atoms with Crippen molar-refractivity contribution in [3.8, 4) is 0 Å². The van der Waals surface area contributed by atoms with Gasteiger partial charge in [0.2, 0.25) is 5.91 Å². The van der Waals surface area contributed by atoms with Gasteiger partial charge in [0.1, 0.15) is 0 Å². The fraction of sp³-hybridized carbons (Fsp3) is 0.419. The molecule has 2 aromatic carbocycles. The van der Waals surface area contributed by atoms with Crippen LogP contribution >= 0.6 is 11.3 Å². The van der Waals surface area contributed by atoms with Gasteiger partial charge in [0, 0.05) is 42.7 Å². The van der Waals surface area contributed by atoms with Gasteiger partial charge < -0.3 is 10.2 Å². The maximum absolute atomic E-state index is 13.8. The molecule has 0 radical (unpaired) electrons. The SMILES string of the molecule is CC(C)CN1C(=O)c2ccccc2[C@H](C(=O)NCCCN(Cc2ccccc2)C(C)C)[C@H]1c1cccs1. The molecule has 1 N–H and O–H groups in total. The lowest BCUT2D eigenvalue weighted by Crippen LogP contribution is -2.48. The standard InChI is InChI=1S/C31H39N3O2S/c1-22(2)20-34-29(27-16-10-19-37-27)28(25-14-8-9-15-26(25)31(34)36)30(35)32-17-11-18-33(23(3)4)21-24-12-6-5-7-13-24/h5-10,12-16,19,22-23,28-29H,11,17-18,20-21H2,1-4H3,(H,32,35)/t28-,29+/m0/s1. The van der Waals surface area contributed by atoms with Gasteiger partial charge in [-0.1, -0.05) is 68.4 Å². The monoisotopic (exact) mass is 517 g/mol. The van der Waals surface area contributed by atoms with E-state index < -0.39 is 5.92 Å². The molecule has 0 saturated heterocycles. The highest BCUT2D eigenvalue weighted by atomic mass is 32.1. The summed E-state index contributed by atoms with van der Waals surface area (Å²) in [6, 6.07) is 22.3. The number of nitrogens with one attached hydrogen (secondary N) is 1. The molecule has 1 aliphatic rings. The Morgan fingerprint density at radius 3 is 2.41 bits per heavy atom. The number of rotatable bonds is 11. The molecule has 3 aromatic rings. The van der Waals surface area contributed by atoms with Crippen molar-refractivity contribution in [1.29, 1.82) is 0 Å². The normalized spacial score (nSPS) is 17.5. The molecule has 6 heteroatoms. The average Bonchev–Trinajstić information content (AvgIpc) is 3.42. The fourth-order valence-electron chi connectivity index (χ4n) is 5.19. The molecular formula is C31H39N3O2S. The van der Waals surface area contributed by atoms with Crippen LogP contribution in [0.25, 0.3) is 0 Å². The summed E-state index contributed by atoms with van der Waals surface area (Å²) in [4.78, 5) is 32.8. The predicted octanol–water partition coefficient (Wildman–Crippen LogP) is 6.10. The lowest BCUT2D eigenvalue weighted by Gasteiger charge is -2.42. The first-order valence-corrected chi connectivity index (χ1v) is 14.2. The number of amides is 2. The van der Waals surface area contributed by atoms with E-state index in [1.165, 1.54) is 5.56 Å². The number of hydrogen-bond donors (Lipinski definition) is 1. The number of thiophene rings is 1. The van der Waals surface area contributed by atoms with Gasteiger partial charge in [-0.25, -0.2) is 0 Å². The molecule has 1 aromatic heterocycles. The average molecular weight is 518 g/mol. The smallest absolute Gasteiger partial charge is 0.254 e. The van der Waals surface area contributed by atoms with Crippen LogP contribution in [0.1, 0.15) is 72.4 Å². The summed E-state index contributed by atoms with van der Waals surface area (Å²) in [5.74, 6) is -0.129. The quantitative estimate of drug-likeness (QED) is 0.313. The molecule has 2 atom stereocenters. The largest absolute Gasteiger partial charge is 0.355 e. The Kier molecular flexibility index (Phi) is 9.17.